The first-order valence-corrected chi connectivity index (χ1v) is 12.8. The molecule has 4 aromatic rings. The predicted molar refractivity (Wildman–Crippen MR) is 121 cm³/mol. The fraction of sp³-hybridized carbons (Fsp3) is 0.0370. The van der Waals surface area contributed by atoms with Crippen LogP contribution < -0.4 is 52.8 Å². The van der Waals surface area contributed by atoms with E-state index >= 15 is 0 Å². The summed E-state index contributed by atoms with van der Waals surface area (Å²) < 4.78 is -0.0896. The number of rotatable bonds is 4. The van der Waals surface area contributed by atoms with Crippen molar-refractivity contribution in [3.8, 4) is 0 Å². The van der Waals surface area contributed by atoms with Crippen molar-refractivity contribution in [1.29, 1.82) is 0 Å². The van der Waals surface area contributed by atoms with Crippen LogP contribution in [0.1, 0.15) is 11.1 Å². The van der Waals surface area contributed by atoms with E-state index in [0.29, 0.717) is 0 Å². The molecule has 1 unspecified atom stereocenters. The van der Waals surface area contributed by atoms with Crippen LogP contribution in [0.15, 0.2) is 121 Å². The van der Waals surface area contributed by atoms with Crippen LogP contribution in [-0.4, -0.2) is 8.07 Å². The van der Waals surface area contributed by atoms with Gasteiger partial charge in [0.2, 0.25) is 0 Å². The normalized spacial score (nSPS) is 16.2. The molecule has 0 fully saturated rings. The summed E-state index contributed by atoms with van der Waals surface area (Å²) in [6, 6.07) is 42.5. The number of allylic oxidation sites excluding steroid dienone is 1. The quantitative estimate of drug-likeness (QED) is 0.185. The van der Waals surface area contributed by atoms with Crippen molar-refractivity contribution < 1.29 is 57.7 Å². The van der Waals surface area contributed by atoms with E-state index in [9.17, 15) is 0 Å². The van der Waals surface area contributed by atoms with Crippen LogP contribution in [-0.2, 0) is 23.8 Å². The van der Waals surface area contributed by atoms with Gasteiger partial charge in [0.05, 0.1) is 0 Å². The zero-order valence-electron chi connectivity index (χ0n) is 17.3. The van der Waals surface area contributed by atoms with Gasteiger partial charge in [0.25, 0.3) is 0 Å². The zero-order valence-corrected chi connectivity index (χ0v) is 22.1. The van der Waals surface area contributed by atoms with E-state index in [1.165, 1.54) is 26.7 Å². The van der Waals surface area contributed by atoms with Crippen LogP contribution in [0, 0.1) is 0 Å². The summed E-state index contributed by atoms with van der Waals surface area (Å²) in [5.74, 6) is 0. The second kappa shape index (κ2) is 11.0. The van der Waals surface area contributed by atoms with E-state index in [4.69, 9.17) is 0 Å². The van der Waals surface area contributed by atoms with Crippen molar-refractivity contribution in [3.63, 3.8) is 0 Å². The molecular weight excluding hydrogens is 507 g/mol. The van der Waals surface area contributed by atoms with Gasteiger partial charge in [0, 0.05) is 0 Å². The summed E-state index contributed by atoms with van der Waals surface area (Å²) >= 11 is 2.45. The van der Waals surface area contributed by atoms with Gasteiger partial charge in [-0.05, 0) is 0 Å². The molecule has 1 aliphatic rings. The summed E-state index contributed by atoms with van der Waals surface area (Å²) in [5.41, 5.74) is 2.78. The number of benzene rings is 4. The van der Waals surface area contributed by atoms with Crippen LogP contribution in [0.4, 0.5) is 0 Å². The molecule has 0 aromatic heterocycles. The third-order valence-corrected chi connectivity index (χ3v) is 13.8. The molecule has 0 N–H and O–H groups in total. The van der Waals surface area contributed by atoms with Gasteiger partial charge in [-0.2, -0.15) is 0 Å². The minimum absolute atomic E-state index is 0. The van der Waals surface area contributed by atoms with Crippen molar-refractivity contribution in [2.75, 3.05) is 0 Å². The Morgan fingerprint density at radius 2 is 0.875 bits per heavy atom. The molecule has 1 aliphatic carbocycles. The van der Waals surface area contributed by atoms with Crippen LogP contribution in [0.5, 0.6) is 0 Å². The molecule has 0 spiro atoms. The molecule has 5 rings (SSSR count). The monoisotopic (exact) mass is 526 g/mol. The Labute approximate surface area is 221 Å². The van der Waals surface area contributed by atoms with Gasteiger partial charge in [-0.25, -0.2) is 0 Å². The summed E-state index contributed by atoms with van der Waals surface area (Å²) in [6.07, 6.45) is 4.79. The maximum atomic E-state index is 2.47. The summed E-state index contributed by atoms with van der Waals surface area (Å²) in [6.45, 7) is 0. The van der Waals surface area contributed by atoms with Crippen LogP contribution >= 0.6 is 0 Å². The Balaban J connectivity index is 0.00000121. The van der Waals surface area contributed by atoms with Crippen molar-refractivity contribution in [2.45, 2.75) is 3.34 Å². The second-order valence-electron chi connectivity index (χ2n) is 7.58. The average molecular weight is 528 g/mol. The molecule has 158 valence electrons. The average Bonchev–Trinajstić information content (AvgIpc) is 3.15. The zero-order chi connectivity index (χ0) is 19.7. The number of hydrogen-bond acceptors (Lipinski definition) is 0. The molecule has 4 aromatic carbocycles. The third kappa shape index (κ3) is 4.07. The van der Waals surface area contributed by atoms with E-state index in [1.54, 1.807) is 0 Å². The second-order valence-corrected chi connectivity index (χ2v) is 13.6. The number of hydrogen-bond donors (Lipinski definition) is 0. The Morgan fingerprint density at radius 1 is 0.500 bits per heavy atom. The van der Waals surface area contributed by atoms with Gasteiger partial charge in [0.1, 0.15) is 0 Å². The third-order valence-electron chi connectivity index (χ3n) is 6.11. The first kappa shape index (κ1) is 26.7. The molecule has 32 heavy (non-hydrogen) atoms. The van der Waals surface area contributed by atoms with Crippen LogP contribution in [0.2, 0.25) is 0 Å². The number of halogens is 3. The molecule has 0 amide bonds. The summed E-state index contributed by atoms with van der Waals surface area (Å²) in [7, 11) is -2.45. The van der Waals surface area contributed by atoms with Gasteiger partial charge in [0.15, 0.2) is 0 Å². The first-order chi connectivity index (χ1) is 14.3. The minimum atomic E-state index is -2.45. The molecule has 0 heterocycles. The summed E-state index contributed by atoms with van der Waals surface area (Å²) in [4.78, 5) is 0. The molecule has 0 bridgehead atoms. The first-order valence-electron chi connectivity index (χ1n) is 9.97. The van der Waals surface area contributed by atoms with Gasteiger partial charge in [-0.15, -0.1) is 0 Å². The molecule has 5 heteroatoms. The molecule has 1 atom stereocenters. The molecule has 0 saturated carbocycles. The van der Waals surface area contributed by atoms with E-state index in [2.05, 4.69) is 148 Å². The van der Waals surface area contributed by atoms with Gasteiger partial charge < -0.3 is 37.2 Å². The molecule has 0 nitrogen and oxygen atoms in total. The Kier molecular flexibility index (Phi) is 9.19. The standard InChI is InChI=1S/C27H21Si.3ClH.Ti/c1-4-13-23(14-5-1)28(24-15-6-2-7-16-24,25-17-8-3-9-18-25)27-21-20-22-12-10-11-19-26(22)27;;;;/h1-21H;3*1H;/q;;;;+3/p-3. The van der Waals surface area contributed by atoms with Gasteiger partial charge >= 0.3 is 186 Å². The predicted octanol–water partition coefficient (Wildman–Crippen LogP) is -4.82. The summed E-state index contributed by atoms with van der Waals surface area (Å²) in [5, 5.41) is 4.34. The van der Waals surface area contributed by atoms with E-state index in [-0.39, 0.29) is 40.6 Å². The Hall–Kier alpha value is -1.58. The fourth-order valence-electron chi connectivity index (χ4n) is 4.88. The van der Waals surface area contributed by atoms with Gasteiger partial charge in [-0.3, -0.25) is 0 Å². The van der Waals surface area contributed by atoms with Crippen molar-refractivity contribution in [2.24, 2.45) is 0 Å². The SMILES string of the molecule is [Cl-].[Cl-].[Cl-].[Ti+3][C]1([Si](c2ccccc2)(c2ccccc2)c2ccccc2)C=Cc2ccccc21. The molecule has 0 saturated heterocycles. The molecule has 0 radical (unpaired) electrons. The fourth-order valence-corrected chi connectivity index (χ4v) is 12.8. The Morgan fingerprint density at radius 3 is 1.31 bits per heavy atom. The topological polar surface area (TPSA) is 0 Å². The van der Waals surface area contributed by atoms with Crippen molar-refractivity contribution in [3.05, 3.63) is 132 Å². The van der Waals surface area contributed by atoms with Crippen LogP contribution in [0.3, 0.4) is 0 Å². The van der Waals surface area contributed by atoms with E-state index in [1.807, 2.05) is 0 Å². The maximum absolute atomic E-state index is 2.47. The van der Waals surface area contributed by atoms with Gasteiger partial charge in [-0.1, -0.05) is 0 Å². The molecule has 0 aliphatic heterocycles. The van der Waals surface area contributed by atoms with Crippen molar-refractivity contribution in [1.82, 2.24) is 0 Å². The van der Waals surface area contributed by atoms with Crippen LogP contribution in [0.25, 0.3) is 6.08 Å². The Bertz CT molecular complexity index is 1070. The number of fused-ring (bicyclic) bond motifs is 1. The van der Waals surface area contributed by atoms with E-state index in [0.717, 1.165) is 0 Å². The van der Waals surface area contributed by atoms with Crippen molar-refractivity contribution >= 4 is 29.7 Å². The molecular formula is C27H21Cl3SiTi. The van der Waals surface area contributed by atoms with E-state index < -0.39 is 8.07 Å².